The van der Waals surface area contributed by atoms with Gasteiger partial charge in [0.15, 0.2) is 0 Å². The van der Waals surface area contributed by atoms with Crippen LogP contribution in [0.25, 0.3) is 0 Å². The molecule has 0 bridgehead atoms. The van der Waals surface area contributed by atoms with E-state index >= 15 is 0 Å². The number of thiophene rings is 1. The topological polar surface area (TPSA) is 87.7 Å². The molecule has 2 N–H and O–H groups in total. The predicted octanol–water partition coefficient (Wildman–Crippen LogP) is 4.60. The van der Waals surface area contributed by atoms with Crippen molar-refractivity contribution in [2.75, 3.05) is 20.2 Å². The van der Waals surface area contributed by atoms with Crippen LogP contribution in [0.15, 0.2) is 72.1 Å². The van der Waals surface area contributed by atoms with Crippen molar-refractivity contribution >= 4 is 29.1 Å². The molecule has 7 nitrogen and oxygen atoms in total. The Morgan fingerprint density at radius 2 is 1.78 bits per heavy atom. The summed E-state index contributed by atoms with van der Waals surface area (Å²) in [5.41, 5.74) is 1.21. The highest BCUT2D eigenvalue weighted by molar-refractivity contribution is 7.12. The third-order valence-electron chi connectivity index (χ3n) is 6.26. The van der Waals surface area contributed by atoms with Crippen molar-refractivity contribution < 1.29 is 19.1 Å². The Morgan fingerprint density at radius 1 is 1.03 bits per heavy atom. The van der Waals surface area contributed by atoms with Crippen LogP contribution in [0.5, 0.6) is 5.75 Å². The van der Waals surface area contributed by atoms with Crippen LogP contribution >= 0.6 is 11.3 Å². The Kier molecular flexibility index (Phi) is 9.85. The van der Waals surface area contributed by atoms with E-state index in [4.69, 9.17) is 4.74 Å². The van der Waals surface area contributed by atoms with Crippen LogP contribution < -0.4 is 15.4 Å². The zero-order valence-electron chi connectivity index (χ0n) is 21.8. The van der Waals surface area contributed by atoms with Crippen LogP contribution in [0, 0.1) is 0 Å². The summed E-state index contributed by atoms with van der Waals surface area (Å²) in [6.07, 6.45) is 1.27. The summed E-state index contributed by atoms with van der Waals surface area (Å²) in [4.78, 5) is 42.0. The molecule has 1 atom stereocenters. The fourth-order valence-electron chi connectivity index (χ4n) is 3.82. The molecule has 0 aliphatic rings. The maximum atomic E-state index is 13.8. The van der Waals surface area contributed by atoms with Gasteiger partial charge in [0, 0.05) is 12.1 Å². The van der Waals surface area contributed by atoms with Crippen LogP contribution in [0.3, 0.4) is 0 Å². The smallest absolute Gasteiger partial charge is 0.261 e. The molecule has 1 aromatic heterocycles. The summed E-state index contributed by atoms with van der Waals surface area (Å²) in [5.74, 6) is -0.364. The van der Waals surface area contributed by atoms with Crippen LogP contribution in [-0.2, 0) is 16.0 Å². The monoisotopic (exact) mass is 521 g/mol. The number of rotatable bonds is 12. The lowest BCUT2D eigenvalue weighted by Crippen LogP contribution is -2.52. The molecule has 3 aromatic rings. The van der Waals surface area contributed by atoms with Gasteiger partial charge in [-0.1, -0.05) is 55.5 Å². The van der Waals surface area contributed by atoms with Gasteiger partial charge >= 0.3 is 0 Å². The van der Waals surface area contributed by atoms with Gasteiger partial charge in [-0.15, -0.1) is 11.3 Å². The summed E-state index contributed by atoms with van der Waals surface area (Å²) in [6.45, 7) is 5.96. The molecule has 37 heavy (non-hydrogen) atoms. The number of nitrogens with zero attached hydrogens (tertiary/aromatic N) is 1. The summed E-state index contributed by atoms with van der Waals surface area (Å²) in [6, 6.07) is 19.6. The lowest BCUT2D eigenvalue weighted by Gasteiger charge is -2.35. The second kappa shape index (κ2) is 13.1. The molecule has 0 spiro atoms. The van der Waals surface area contributed by atoms with E-state index in [2.05, 4.69) is 10.6 Å². The average Bonchev–Trinajstić information content (AvgIpc) is 3.45. The van der Waals surface area contributed by atoms with Gasteiger partial charge in [0.25, 0.3) is 5.91 Å². The highest BCUT2D eigenvalue weighted by Gasteiger charge is 2.34. The minimum atomic E-state index is -0.907. The molecular formula is C29H35N3O4S. The molecule has 196 valence electrons. The van der Waals surface area contributed by atoms with Crippen LogP contribution in [0.2, 0.25) is 0 Å². The first-order valence-corrected chi connectivity index (χ1v) is 13.2. The standard InChI is InChI=1S/C29H35N3O4S/c1-5-29(2,3)31-28(35)26(22-13-9-14-23(19-22)36-4)32(17-16-21-11-7-6-8-12-21)25(33)20-30-27(34)24-15-10-18-37-24/h6-15,18-19,26H,5,16-17,20H2,1-4H3,(H,30,34)(H,31,35). The molecule has 0 saturated carbocycles. The van der Waals surface area contributed by atoms with E-state index in [9.17, 15) is 14.4 Å². The molecule has 3 rings (SSSR count). The van der Waals surface area contributed by atoms with Crippen molar-refractivity contribution in [2.45, 2.75) is 45.2 Å². The molecule has 0 aliphatic carbocycles. The number of ether oxygens (including phenoxy) is 1. The lowest BCUT2D eigenvalue weighted by molar-refractivity contribution is -0.140. The van der Waals surface area contributed by atoms with Gasteiger partial charge in [0.1, 0.15) is 11.8 Å². The summed E-state index contributed by atoms with van der Waals surface area (Å²) in [5, 5.41) is 7.63. The molecule has 3 amide bonds. The number of carbonyl (C=O) groups is 3. The first-order valence-electron chi connectivity index (χ1n) is 12.3. The summed E-state index contributed by atoms with van der Waals surface area (Å²) < 4.78 is 5.41. The largest absolute Gasteiger partial charge is 0.497 e. The third-order valence-corrected chi connectivity index (χ3v) is 7.13. The molecule has 1 heterocycles. The Hall–Kier alpha value is -3.65. The van der Waals surface area contributed by atoms with Crippen molar-refractivity contribution in [1.82, 2.24) is 15.5 Å². The van der Waals surface area contributed by atoms with E-state index in [0.29, 0.717) is 29.2 Å². The maximum absolute atomic E-state index is 13.8. The minimum absolute atomic E-state index is 0.226. The molecule has 0 saturated heterocycles. The predicted molar refractivity (Wildman–Crippen MR) is 147 cm³/mol. The normalized spacial score (nSPS) is 11.9. The second-order valence-electron chi connectivity index (χ2n) is 9.39. The molecule has 0 radical (unpaired) electrons. The highest BCUT2D eigenvalue weighted by Crippen LogP contribution is 2.27. The van der Waals surface area contributed by atoms with E-state index in [0.717, 1.165) is 12.0 Å². The number of hydrogen-bond acceptors (Lipinski definition) is 5. The number of nitrogens with one attached hydrogen (secondary N) is 2. The molecule has 1 unspecified atom stereocenters. The number of carbonyl (C=O) groups excluding carboxylic acids is 3. The number of methoxy groups -OCH3 is 1. The number of amides is 3. The zero-order valence-corrected chi connectivity index (χ0v) is 22.6. The van der Waals surface area contributed by atoms with Crippen molar-refractivity contribution in [3.8, 4) is 5.75 Å². The van der Waals surface area contributed by atoms with Gasteiger partial charge in [0.2, 0.25) is 11.8 Å². The van der Waals surface area contributed by atoms with E-state index in [1.807, 2.05) is 62.5 Å². The Balaban J connectivity index is 1.95. The van der Waals surface area contributed by atoms with E-state index < -0.39 is 11.6 Å². The van der Waals surface area contributed by atoms with Crippen LogP contribution in [0.4, 0.5) is 0 Å². The maximum Gasteiger partial charge on any atom is 0.261 e. The van der Waals surface area contributed by atoms with Crippen molar-refractivity contribution in [1.29, 1.82) is 0 Å². The van der Waals surface area contributed by atoms with Crippen LogP contribution in [0.1, 0.15) is 54.0 Å². The van der Waals surface area contributed by atoms with Gasteiger partial charge in [-0.3, -0.25) is 14.4 Å². The van der Waals surface area contributed by atoms with E-state index in [1.54, 1.807) is 42.3 Å². The second-order valence-corrected chi connectivity index (χ2v) is 10.3. The lowest BCUT2D eigenvalue weighted by atomic mass is 9.98. The van der Waals surface area contributed by atoms with Crippen LogP contribution in [-0.4, -0.2) is 48.4 Å². The average molecular weight is 522 g/mol. The number of benzene rings is 2. The van der Waals surface area contributed by atoms with Gasteiger partial charge in [-0.05, 0) is 61.4 Å². The fourth-order valence-corrected chi connectivity index (χ4v) is 4.46. The summed E-state index contributed by atoms with van der Waals surface area (Å²) in [7, 11) is 1.56. The fraction of sp³-hybridized carbons (Fsp3) is 0.345. The zero-order chi connectivity index (χ0) is 26.8. The Morgan fingerprint density at radius 3 is 2.43 bits per heavy atom. The van der Waals surface area contributed by atoms with Gasteiger partial charge in [-0.2, -0.15) is 0 Å². The Bertz CT molecular complexity index is 1180. The number of hydrogen-bond donors (Lipinski definition) is 2. The van der Waals surface area contributed by atoms with Gasteiger partial charge in [-0.25, -0.2) is 0 Å². The first-order chi connectivity index (χ1) is 17.7. The van der Waals surface area contributed by atoms with E-state index in [-0.39, 0.29) is 24.3 Å². The highest BCUT2D eigenvalue weighted by atomic mass is 32.1. The molecule has 0 aliphatic heterocycles. The van der Waals surface area contributed by atoms with Crippen molar-refractivity contribution in [3.05, 3.63) is 88.1 Å². The van der Waals surface area contributed by atoms with E-state index in [1.165, 1.54) is 11.3 Å². The van der Waals surface area contributed by atoms with Gasteiger partial charge in [0.05, 0.1) is 18.5 Å². The molecule has 2 aromatic carbocycles. The summed E-state index contributed by atoms with van der Waals surface area (Å²) >= 11 is 1.30. The molecular weight excluding hydrogens is 486 g/mol. The first kappa shape index (κ1) is 27.9. The molecule has 0 fully saturated rings. The minimum Gasteiger partial charge on any atom is -0.497 e. The third kappa shape index (κ3) is 7.92. The quantitative estimate of drug-likeness (QED) is 0.365. The Labute approximate surface area is 222 Å². The van der Waals surface area contributed by atoms with Crippen molar-refractivity contribution in [3.63, 3.8) is 0 Å². The SMILES string of the molecule is CCC(C)(C)NC(=O)C(c1cccc(OC)c1)N(CCc1ccccc1)C(=O)CNC(=O)c1cccs1. The van der Waals surface area contributed by atoms with Crippen molar-refractivity contribution in [2.24, 2.45) is 0 Å². The molecule has 8 heteroatoms. The van der Waals surface area contributed by atoms with Gasteiger partial charge < -0.3 is 20.3 Å².